The van der Waals surface area contributed by atoms with E-state index in [-0.39, 0.29) is 43.7 Å². The first-order valence-corrected chi connectivity index (χ1v) is 10.1. The molecule has 2 aromatic rings. The molecule has 2 N–H and O–H groups in total. The number of rotatable bonds is 9. The van der Waals surface area contributed by atoms with Gasteiger partial charge in [-0.2, -0.15) is 0 Å². The Morgan fingerprint density at radius 3 is 2.87 bits per heavy atom. The van der Waals surface area contributed by atoms with Crippen LogP contribution in [0.4, 0.5) is 11.4 Å². The molecule has 0 spiro atoms. The molecule has 0 fully saturated rings. The van der Waals surface area contributed by atoms with Crippen LogP contribution in [0.25, 0.3) is 0 Å². The maximum absolute atomic E-state index is 12.6. The molecule has 0 aliphatic carbocycles. The number of carbonyl (C=O) groups is 3. The normalized spacial score (nSPS) is 12.7. The van der Waals surface area contributed by atoms with Gasteiger partial charge in [-0.3, -0.25) is 14.4 Å². The molecule has 3 rings (SSSR count). The highest BCUT2D eigenvalue weighted by molar-refractivity contribution is 6.10. The van der Waals surface area contributed by atoms with Crippen LogP contribution in [0.5, 0.6) is 5.88 Å². The lowest BCUT2D eigenvalue weighted by molar-refractivity contribution is -0.125. The van der Waals surface area contributed by atoms with E-state index in [1.54, 1.807) is 36.5 Å². The molecule has 30 heavy (non-hydrogen) atoms. The van der Waals surface area contributed by atoms with E-state index in [4.69, 9.17) is 4.74 Å². The van der Waals surface area contributed by atoms with Gasteiger partial charge in [0.05, 0.1) is 18.0 Å². The summed E-state index contributed by atoms with van der Waals surface area (Å²) < 4.78 is 5.67. The summed E-state index contributed by atoms with van der Waals surface area (Å²) in [6, 6.07) is 10.7. The lowest BCUT2D eigenvalue weighted by Crippen LogP contribution is -2.42. The Morgan fingerprint density at radius 2 is 2.03 bits per heavy atom. The van der Waals surface area contributed by atoms with Gasteiger partial charge in [-0.05, 0) is 24.6 Å². The van der Waals surface area contributed by atoms with Gasteiger partial charge in [0, 0.05) is 31.1 Å². The van der Waals surface area contributed by atoms with Crippen LogP contribution in [0.2, 0.25) is 0 Å². The average molecular weight is 410 g/mol. The van der Waals surface area contributed by atoms with Gasteiger partial charge in [-0.25, -0.2) is 4.98 Å². The van der Waals surface area contributed by atoms with E-state index in [0.29, 0.717) is 23.9 Å². The van der Waals surface area contributed by atoms with Gasteiger partial charge in [0.1, 0.15) is 6.54 Å². The summed E-state index contributed by atoms with van der Waals surface area (Å²) in [7, 11) is 0. The van der Waals surface area contributed by atoms with Crippen LogP contribution in [0.15, 0.2) is 42.6 Å². The zero-order valence-corrected chi connectivity index (χ0v) is 17.0. The number of carbonyl (C=O) groups excluding carboxylic acids is 3. The summed E-state index contributed by atoms with van der Waals surface area (Å²) in [5, 5.41) is 5.55. The molecule has 0 unspecified atom stereocenters. The standard InChI is InChI=1S/C22H26N4O4/c1-2-3-13-30-22-16(7-6-12-23-22)14-24-19(27)10-11-21(29)26-15-20(28)25-17-8-4-5-9-18(17)26/h4-9,12H,2-3,10-11,13-15H2,1H3,(H,24,27)(H,25,28). The van der Waals surface area contributed by atoms with Gasteiger partial charge in [0.25, 0.3) is 0 Å². The van der Waals surface area contributed by atoms with Crippen LogP contribution in [-0.2, 0) is 20.9 Å². The molecule has 0 saturated heterocycles. The molecule has 2 heterocycles. The molecule has 8 heteroatoms. The fraction of sp³-hybridized carbons (Fsp3) is 0.364. The van der Waals surface area contributed by atoms with Crippen molar-refractivity contribution in [1.82, 2.24) is 10.3 Å². The molecular weight excluding hydrogens is 384 g/mol. The molecule has 8 nitrogen and oxygen atoms in total. The Morgan fingerprint density at radius 1 is 1.20 bits per heavy atom. The second-order valence-corrected chi connectivity index (χ2v) is 6.99. The lowest BCUT2D eigenvalue weighted by Gasteiger charge is -2.29. The maximum atomic E-state index is 12.6. The minimum absolute atomic E-state index is 0.0142. The van der Waals surface area contributed by atoms with Crippen LogP contribution in [0.3, 0.4) is 0 Å². The number of hydrogen-bond donors (Lipinski definition) is 2. The van der Waals surface area contributed by atoms with Crippen molar-refractivity contribution in [2.24, 2.45) is 0 Å². The summed E-state index contributed by atoms with van der Waals surface area (Å²) in [4.78, 5) is 42.4. The third kappa shape index (κ3) is 5.56. The largest absolute Gasteiger partial charge is 0.477 e. The van der Waals surface area contributed by atoms with E-state index in [2.05, 4.69) is 22.5 Å². The molecule has 0 saturated carbocycles. The average Bonchev–Trinajstić information content (AvgIpc) is 2.76. The zero-order valence-electron chi connectivity index (χ0n) is 17.0. The first-order chi connectivity index (χ1) is 14.6. The molecule has 1 aliphatic rings. The molecule has 158 valence electrons. The Kier molecular flexibility index (Phi) is 7.37. The van der Waals surface area contributed by atoms with Gasteiger partial charge < -0.3 is 20.3 Å². The van der Waals surface area contributed by atoms with E-state index in [1.807, 2.05) is 6.07 Å². The third-order valence-electron chi connectivity index (χ3n) is 4.70. The third-order valence-corrected chi connectivity index (χ3v) is 4.70. The van der Waals surface area contributed by atoms with E-state index < -0.39 is 0 Å². The van der Waals surface area contributed by atoms with Gasteiger partial charge in [-0.15, -0.1) is 0 Å². The van der Waals surface area contributed by atoms with E-state index in [1.165, 1.54) is 4.90 Å². The Balaban J connectivity index is 1.51. The fourth-order valence-corrected chi connectivity index (χ4v) is 3.10. The Hall–Kier alpha value is -3.42. The number of pyridine rings is 1. The highest BCUT2D eigenvalue weighted by atomic mass is 16.5. The van der Waals surface area contributed by atoms with Crippen molar-refractivity contribution in [2.75, 3.05) is 23.4 Å². The molecule has 0 radical (unpaired) electrons. The predicted molar refractivity (Wildman–Crippen MR) is 113 cm³/mol. The van der Waals surface area contributed by atoms with Crippen LogP contribution in [0.1, 0.15) is 38.2 Å². The Labute approximate surface area is 175 Å². The fourth-order valence-electron chi connectivity index (χ4n) is 3.10. The quantitative estimate of drug-likeness (QED) is 0.619. The van der Waals surface area contributed by atoms with Crippen molar-refractivity contribution < 1.29 is 19.1 Å². The maximum Gasteiger partial charge on any atom is 0.244 e. The van der Waals surface area contributed by atoms with Crippen molar-refractivity contribution in [1.29, 1.82) is 0 Å². The number of nitrogens with one attached hydrogen (secondary N) is 2. The number of hydrogen-bond acceptors (Lipinski definition) is 5. The van der Waals surface area contributed by atoms with Crippen molar-refractivity contribution in [3.05, 3.63) is 48.2 Å². The predicted octanol–water partition coefficient (Wildman–Crippen LogP) is 2.64. The number of aromatic nitrogens is 1. The smallest absolute Gasteiger partial charge is 0.244 e. The minimum Gasteiger partial charge on any atom is -0.477 e. The second-order valence-electron chi connectivity index (χ2n) is 6.99. The van der Waals surface area contributed by atoms with Crippen molar-refractivity contribution in [2.45, 2.75) is 39.2 Å². The number of nitrogens with zero attached hydrogens (tertiary/aromatic N) is 2. The van der Waals surface area contributed by atoms with Gasteiger partial charge in [0.2, 0.25) is 23.6 Å². The molecular formula is C22H26N4O4. The van der Waals surface area contributed by atoms with Crippen molar-refractivity contribution in [3.63, 3.8) is 0 Å². The van der Waals surface area contributed by atoms with Gasteiger partial charge in [-0.1, -0.05) is 31.5 Å². The summed E-state index contributed by atoms with van der Waals surface area (Å²) in [5.74, 6) is -0.254. The highest BCUT2D eigenvalue weighted by Gasteiger charge is 2.26. The Bertz CT molecular complexity index is 916. The summed E-state index contributed by atoms with van der Waals surface area (Å²) >= 11 is 0. The molecule has 0 atom stereocenters. The van der Waals surface area contributed by atoms with Crippen LogP contribution in [0, 0.1) is 0 Å². The number of benzene rings is 1. The number of anilines is 2. The SMILES string of the molecule is CCCCOc1ncccc1CNC(=O)CCC(=O)N1CC(=O)Nc2ccccc21. The first kappa shape index (κ1) is 21.3. The lowest BCUT2D eigenvalue weighted by atomic mass is 10.1. The molecule has 1 aromatic heterocycles. The number of fused-ring (bicyclic) bond motifs is 1. The number of para-hydroxylation sites is 2. The number of ether oxygens (including phenoxy) is 1. The zero-order chi connectivity index (χ0) is 21.3. The number of amides is 3. The van der Waals surface area contributed by atoms with Crippen molar-refractivity contribution in [3.8, 4) is 5.88 Å². The molecule has 1 aliphatic heterocycles. The second kappa shape index (κ2) is 10.4. The highest BCUT2D eigenvalue weighted by Crippen LogP contribution is 2.29. The van der Waals surface area contributed by atoms with Gasteiger partial charge >= 0.3 is 0 Å². The summed E-state index contributed by atoms with van der Waals surface area (Å²) in [6.45, 7) is 2.88. The summed E-state index contributed by atoms with van der Waals surface area (Å²) in [5.41, 5.74) is 2.03. The van der Waals surface area contributed by atoms with Crippen LogP contribution >= 0.6 is 0 Å². The molecule has 1 aromatic carbocycles. The van der Waals surface area contributed by atoms with E-state index in [0.717, 1.165) is 18.4 Å². The number of unbranched alkanes of at least 4 members (excludes halogenated alkanes) is 1. The van der Waals surface area contributed by atoms with Crippen LogP contribution in [-0.4, -0.2) is 35.9 Å². The molecule has 0 bridgehead atoms. The summed E-state index contributed by atoms with van der Waals surface area (Å²) in [6.07, 6.45) is 3.65. The first-order valence-electron chi connectivity index (χ1n) is 10.1. The van der Waals surface area contributed by atoms with Crippen LogP contribution < -0.4 is 20.3 Å². The van der Waals surface area contributed by atoms with Gasteiger partial charge in [0.15, 0.2) is 0 Å². The minimum atomic E-state index is -0.266. The molecule has 3 amide bonds. The van der Waals surface area contributed by atoms with E-state index >= 15 is 0 Å². The monoisotopic (exact) mass is 410 g/mol. The van der Waals surface area contributed by atoms with Crippen molar-refractivity contribution >= 4 is 29.1 Å². The topological polar surface area (TPSA) is 101 Å². The van der Waals surface area contributed by atoms with E-state index in [9.17, 15) is 14.4 Å².